The molecule has 0 aliphatic carbocycles. The Bertz CT molecular complexity index is 961. The van der Waals surface area contributed by atoms with Gasteiger partial charge in [-0.1, -0.05) is 0 Å². The second-order valence-corrected chi connectivity index (χ2v) is 5.14. The Morgan fingerprint density at radius 3 is 2.56 bits per heavy atom. The Balaban J connectivity index is 1.83. The molecule has 0 saturated heterocycles. The molecule has 6 nitrogen and oxygen atoms in total. The first-order valence-electron chi connectivity index (χ1n) is 7.36. The lowest BCUT2D eigenvalue weighted by atomic mass is 10.2. The SMILES string of the molecule is O=C(O)CCOc1ccc2c(=O)c(Oc3ccc(F)cc3)coc2c1. The van der Waals surface area contributed by atoms with Crippen LogP contribution in [-0.2, 0) is 4.79 Å². The van der Waals surface area contributed by atoms with E-state index in [9.17, 15) is 14.0 Å². The molecule has 0 aliphatic rings. The van der Waals surface area contributed by atoms with E-state index in [1.54, 1.807) is 6.07 Å². The predicted octanol–water partition coefficient (Wildman–Crippen LogP) is 3.58. The molecule has 0 saturated carbocycles. The zero-order chi connectivity index (χ0) is 17.8. The molecule has 0 fully saturated rings. The normalized spacial score (nSPS) is 10.6. The van der Waals surface area contributed by atoms with Gasteiger partial charge >= 0.3 is 5.97 Å². The largest absolute Gasteiger partial charge is 0.493 e. The molecular weight excluding hydrogens is 331 g/mol. The number of fused-ring (bicyclic) bond motifs is 1. The van der Waals surface area contributed by atoms with E-state index in [-0.39, 0.29) is 35.2 Å². The zero-order valence-corrected chi connectivity index (χ0v) is 12.9. The van der Waals surface area contributed by atoms with Gasteiger partial charge in [0.05, 0.1) is 18.4 Å². The molecule has 1 N–H and O–H groups in total. The van der Waals surface area contributed by atoms with Gasteiger partial charge in [-0.25, -0.2) is 4.39 Å². The summed E-state index contributed by atoms with van der Waals surface area (Å²) in [6.45, 7) is 0.0107. The Kier molecular flexibility index (Phi) is 4.65. The average Bonchev–Trinajstić information content (AvgIpc) is 2.59. The number of halogens is 1. The Hall–Kier alpha value is -3.35. The number of hydrogen-bond donors (Lipinski definition) is 1. The summed E-state index contributed by atoms with van der Waals surface area (Å²) in [6.07, 6.45) is 1.03. The van der Waals surface area contributed by atoms with Crippen molar-refractivity contribution >= 4 is 16.9 Å². The van der Waals surface area contributed by atoms with Gasteiger partial charge in [0, 0.05) is 6.07 Å². The Labute approximate surface area is 141 Å². The Morgan fingerprint density at radius 1 is 1.12 bits per heavy atom. The van der Waals surface area contributed by atoms with Crippen LogP contribution >= 0.6 is 0 Å². The third-order valence-electron chi connectivity index (χ3n) is 3.34. The summed E-state index contributed by atoms with van der Waals surface area (Å²) >= 11 is 0. The van der Waals surface area contributed by atoms with Crippen molar-refractivity contribution in [2.45, 2.75) is 6.42 Å². The van der Waals surface area contributed by atoms with E-state index in [0.717, 1.165) is 6.26 Å². The van der Waals surface area contributed by atoms with Crippen molar-refractivity contribution in [3.63, 3.8) is 0 Å². The second-order valence-electron chi connectivity index (χ2n) is 5.14. The lowest BCUT2D eigenvalue weighted by Gasteiger charge is -2.07. The van der Waals surface area contributed by atoms with Gasteiger partial charge < -0.3 is 19.0 Å². The second kappa shape index (κ2) is 7.04. The third-order valence-corrected chi connectivity index (χ3v) is 3.34. The number of carboxylic acids is 1. The number of benzene rings is 2. The van der Waals surface area contributed by atoms with Gasteiger partial charge in [0.15, 0.2) is 0 Å². The van der Waals surface area contributed by atoms with E-state index < -0.39 is 11.8 Å². The summed E-state index contributed by atoms with van der Waals surface area (Å²) in [5.74, 6) is -0.701. The van der Waals surface area contributed by atoms with Crippen molar-refractivity contribution in [1.29, 1.82) is 0 Å². The number of hydrogen-bond acceptors (Lipinski definition) is 5. The molecule has 1 aromatic heterocycles. The van der Waals surface area contributed by atoms with Crippen LogP contribution in [0.2, 0.25) is 0 Å². The smallest absolute Gasteiger partial charge is 0.306 e. The molecule has 0 atom stereocenters. The van der Waals surface area contributed by atoms with Crippen molar-refractivity contribution in [1.82, 2.24) is 0 Å². The van der Waals surface area contributed by atoms with Crippen LogP contribution in [0.4, 0.5) is 4.39 Å². The summed E-state index contributed by atoms with van der Waals surface area (Å²) in [5.41, 5.74) is -0.105. The average molecular weight is 344 g/mol. The lowest BCUT2D eigenvalue weighted by Crippen LogP contribution is -2.06. The quantitative estimate of drug-likeness (QED) is 0.735. The molecule has 0 radical (unpaired) electrons. The van der Waals surface area contributed by atoms with Crippen LogP contribution in [0.5, 0.6) is 17.2 Å². The van der Waals surface area contributed by atoms with Gasteiger partial charge in [0.25, 0.3) is 0 Å². The van der Waals surface area contributed by atoms with Crippen molar-refractivity contribution in [3.05, 3.63) is 64.8 Å². The molecular formula is C18H13FO6. The standard InChI is InChI=1S/C18H13FO6/c19-11-1-3-12(4-2-11)25-16-10-24-15-9-13(23-8-7-17(20)21)5-6-14(15)18(16)22/h1-6,9-10H,7-8H2,(H,20,21). The van der Waals surface area contributed by atoms with E-state index in [4.69, 9.17) is 19.0 Å². The maximum Gasteiger partial charge on any atom is 0.306 e. The minimum absolute atomic E-state index is 0.0107. The van der Waals surface area contributed by atoms with Crippen LogP contribution in [0, 0.1) is 5.82 Å². The van der Waals surface area contributed by atoms with Crippen molar-refractivity contribution in [2.75, 3.05) is 6.61 Å². The topological polar surface area (TPSA) is 86.0 Å². The van der Waals surface area contributed by atoms with Gasteiger partial charge in [0.2, 0.25) is 11.2 Å². The first-order valence-corrected chi connectivity index (χ1v) is 7.36. The van der Waals surface area contributed by atoms with Crippen LogP contribution in [0.25, 0.3) is 11.0 Å². The van der Waals surface area contributed by atoms with Crippen LogP contribution in [-0.4, -0.2) is 17.7 Å². The van der Waals surface area contributed by atoms with E-state index in [0.29, 0.717) is 11.5 Å². The summed E-state index contributed by atoms with van der Waals surface area (Å²) < 4.78 is 29.0. The number of carbonyl (C=O) groups is 1. The van der Waals surface area contributed by atoms with E-state index in [2.05, 4.69) is 0 Å². The van der Waals surface area contributed by atoms with E-state index >= 15 is 0 Å². The highest BCUT2D eigenvalue weighted by Gasteiger charge is 2.10. The maximum atomic E-state index is 12.9. The molecule has 3 aromatic rings. The van der Waals surface area contributed by atoms with E-state index in [1.807, 2.05) is 0 Å². The molecule has 0 bridgehead atoms. The number of aliphatic carboxylic acids is 1. The highest BCUT2D eigenvalue weighted by molar-refractivity contribution is 5.79. The molecule has 0 aliphatic heterocycles. The highest BCUT2D eigenvalue weighted by atomic mass is 19.1. The molecule has 0 unspecified atom stereocenters. The van der Waals surface area contributed by atoms with Crippen LogP contribution in [0.1, 0.15) is 6.42 Å². The van der Waals surface area contributed by atoms with Crippen molar-refractivity contribution < 1.29 is 28.2 Å². The summed E-state index contributed by atoms with van der Waals surface area (Å²) in [5, 5.41) is 8.87. The summed E-state index contributed by atoms with van der Waals surface area (Å²) in [6, 6.07) is 9.80. The first-order chi connectivity index (χ1) is 12.0. The summed E-state index contributed by atoms with van der Waals surface area (Å²) in [7, 11) is 0. The van der Waals surface area contributed by atoms with Crippen LogP contribution in [0.15, 0.2) is 57.9 Å². The van der Waals surface area contributed by atoms with Gasteiger partial charge in [-0.15, -0.1) is 0 Å². The fraction of sp³-hybridized carbons (Fsp3) is 0.111. The van der Waals surface area contributed by atoms with E-state index in [1.165, 1.54) is 36.4 Å². The lowest BCUT2D eigenvalue weighted by molar-refractivity contribution is -0.137. The molecule has 0 amide bonds. The van der Waals surface area contributed by atoms with Gasteiger partial charge in [0.1, 0.15) is 29.2 Å². The molecule has 1 heterocycles. The van der Waals surface area contributed by atoms with Crippen molar-refractivity contribution in [3.8, 4) is 17.2 Å². The van der Waals surface area contributed by atoms with Crippen LogP contribution < -0.4 is 14.9 Å². The number of carboxylic acid groups (broad SMARTS) is 1. The first kappa shape index (κ1) is 16.5. The number of ether oxygens (including phenoxy) is 2. The third kappa shape index (κ3) is 3.95. The predicted molar refractivity (Wildman–Crippen MR) is 86.7 cm³/mol. The minimum atomic E-state index is -0.963. The van der Waals surface area contributed by atoms with Gasteiger partial charge in [-0.2, -0.15) is 0 Å². The van der Waals surface area contributed by atoms with Gasteiger partial charge in [-0.3, -0.25) is 9.59 Å². The molecule has 0 spiro atoms. The maximum absolute atomic E-state index is 12.9. The monoisotopic (exact) mass is 344 g/mol. The van der Waals surface area contributed by atoms with Crippen molar-refractivity contribution in [2.24, 2.45) is 0 Å². The highest BCUT2D eigenvalue weighted by Crippen LogP contribution is 2.24. The minimum Gasteiger partial charge on any atom is -0.493 e. The molecule has 7 heteroatoms. The molecule has 25 heavy (non-hydrogen) atoms. The fourth-order valence-electron chi connectivity index (χ4n) is 2.14. The zero-order valence-electron chi connectivity index (χ0n) is 12.9. The Morgan fingerprint density at radius 2 is 1.84 bits per heavy atom. The molecule has 3 rings (SSSR count). The molecule has 2 aromatic carbocycles. The van der Waals surface area contributed by atoms with Crippen LogP contribution in [0.3, 0.4) is 0 Å². The number of rotatable bonds is 6. The molecule has 128 valence electrons. The fourth-order valence-corrected chi connectivity index (χ4v) is 2.14. The summed E-state index contributed by atoms with van der Waals surface area (Å²) in [4.78, 5) is 22.9. The van der Waals surface area contributed by atoms with Gasteiger partial charge in [-0.05, 0) is 36.4 Å².